The van der Waals surface area contributed by atoms with Crippen LogP contribution in [-0.2, 0) is 25.8 Å². The van der Waals surface area contributed by atoms with Gasteiger partial charge in [-0.25, -0.2) is 22.5 Å². The van der Waals surface area contributed by atoms with Crippen molar-refractivity contribution in [3.8, 4) is 0 Å². The lowest BCUT2D eigenvalue weighted by atomic mass is 9.86. The van der Waals surface area contributed by atoms with Gasteiger partial charge in [0, 0.05) is 70.2 Å². The summed E-state index contributed by atoms with van der Waals surface area (Å²) < 4.78 is 86.8. The minimum atomic E-state index is -4.70. The SMILES string of the molecule is Cc1cc(S(=O)(=O)NC2CCC(CN3CCN(c4ccc(C5CCC(=O)NC5=O)cc4F)CC3)CC2)ccc1Nc1ncc(C(F)(F)F)c(N2CCC[C@](C)(O)C2)n1. The monoisotopic (exact) mass is 830 g/mol. The fourth-order valence-electron chi connectivity index (χ4n) is 8.63. The number of alkyl halides is 3. The van der Waals surface area contributed by atoms with Gasteiger partial charge in [0.25, 0.3) is 0 Å². The Morgan fingerprint density at radius 3 is 2.38 bits per heavy atom. The van der Waals surface area contributed by atoms with Crippen LogP contribution in [0, 0.1) is 18.7 Å². The van der Waals surface area contributed by atoms with E-state index in [4.69, 9.17) is 0 Å². The molecule has 2 atom stereocenters. The third-order valence-electron chi connectivity index (χ3n) is 11.8. The molecule has 0 bridgehead atoms. The molecular formula is C40H50F4N8O5S. The van der Waals surface area contributed by atoms with Crippen molar-refractivity contribution >= 4 is 45.0 Å². The second kappa shape index (κ2) is 16.7. The summed E-state index contributed by atoms with van der Waals surface area (Å²) in [7, 11) is -3.87. The number of hydrogen-bond acceptors (Lipinski definition) is 11. The summed E-state index contributed by atoms with van der Waals surface area (Å²) in [6.45, 7) is 7.26. The summed E-state index contributed by atoms with van der Waals surface area (Å²) >= 11 is 0. The fourth-order valence-corrected chi connectivity index (χ4v) is 10.0. The molecule has 4 heterocycles. The quantitative estimate of drug-likeness (QED) is 0.157. The molecule has 13 nitrogen and oxygen atoms in total. The predicted molar refractivity (Wildman–Crippen MR) is 210 cm³/mol. The molecule has 4 aliphatic rings. The molecule has 3 aromatic rings. The Kier molecular flexibility index (Phi) is 12.0. The Hall–Kier alpha value is -4.39. The molecule has 3 aliphatic heterocycles. The predicted octanol–water partition coefficient (Wildman–Crippen LogP) is 5.22. The van der Waals surface area contributed by atoms with Crippen LogP contribution >= 0.6 is 0 Å². The largest absolute Gasteiger partial charge is 0.421 e. The third kappa shape index (κ3) is 9.72. The molecule has 4 fully saturated rings. The molecule has 4 N–H and O–H groups in total. The summed E-state index contributed by atoms with van der Waals surface area (Å²) in [5.41, 5.74) is -0.130. The van der Waals surface area contributed by atoms with E-state index < -0.39 is 39.2 Å². The van der Waals surface area contributed by atoms with Gasteiger partial charge >= 0.3 is 6.18 Å². The summed E-state index contributed by atoms with van der Waals surface area (Å²) in [4.78, 5) is 37.7. The van der Waals surface area contributed by atoms with Crippen LogP contribution in [0.3, 0.4) is 0 Å². The van der Waals surface area contributed by atoms with Crippen LogP contribution in [0.1, 0.15) is 80.9 Å². The fraction of sp³-hybridized carbons (Fsp3) is 0.550. The van der Waals surface area contributed by atoms with E-state index >= 15 is 4.39 Å². The molecule has 314 valence electrons. The average molecular weight is 831 g/mol. The molecule has 1 aromatic heterocycles. The van der Waals surface area contributed by atoms with E-state index in [0.717, 1.165) is 38.7 Å². The van der Waals surface area contributed by atoms with Crippen molar-refractivity contribution in [1.82, 2.24) is 24.9 Å². The van der Waals surface area contributed by atoms with E-state index in [1.54, 1.807) is 26.0 Å². The van der Waals surface area contributed by atoms with Gasteiger partial charge in [-0.05, 0) is 106 Å². The van der Waals surface area contributed by atoms with Gasteiger partial charge in [-0.3, -0.25) is 19.8 Å². The number of rotatable bonds is 10. The van der Waals surface area contributed by atoms with Gasteiger partial charge in [-0.2, -0.15) is 18.2 Å². The molecule has 0 radical (unpaired) electrons. The van der Waals surface area contributed by atoms with Gasteiger partial charge in [0.2, 0.25) is 27.8 Å². The first kappa shape index (κ1) is 41.8. The van der Waals surface area contributed by atoms with Crippen molar-refractivity contribution in [2.24, 2.45) is 5.92 Å². The number of sulfonamides is 1. The van der Waals surface area contributed by atoms with Crippen LogP contribution in [-0.4, -0.2) is 97.7 Å². The lowest BCUT2D eigenvalue weighted by Crippen LogP contribution is -2.48. The number of anilines is 4. The Balaban J connectivity index is 0.892. The van der Waals surface area contributed by atoms with Crippen molar-refractivity contribution in [3.63, 3.8) is 0 Å². The van der Waals surface area contributed by atoms with Crippen LogP contribution in [0.4, 0.5) is 40.7 Å². The zero-order valence-corrected chi connectivity index (χ0v) is 33.4. The smallest absolute Gasteiger partial charge is 0.388 e. The van der Waals surface area contributed by atoms with Crippen molar-refractivity contribution in [2.75, 3.05) is 60.9 Å². The molecule has 2 amide bonds. The first-order chi connectivity index (χ1) is 27.4. The summed E-state index contributed by atoms with van der Waals surface area (Å²) in [5, 5.41) is 15.8. The minimum absolute atomic E-state index is 0.0115. The van der Waals surface area contributed by atoms with Crippen LogP contribution in [0.25, 0.3) is 0 Å². The highest BCUT2D eigenvalue weighted by molar-refractivity contribution is 7.89. The summed E-state index contributed by atoms with van der Waals surface area (Å²) in [6, 6.07) is 9.15. The number of carbonyl (C=O) groups is 2. The van der Waals surface area contributed by atoms with Gasteiger partial charge in [0.05, 0.1) is 22.1 Å². The van der Waals surface area contributed by atoms with Gasteiger partial charge in [0.15, 0.2) is 0 Å². The number of hydrogen-bond donors (Lipinski definition) is 4. The highest BCUT2D eigenvalue weighted by Gasteiger charge is 2.39. The van der Waals surface area contributed by atoms with Gasteiger partial charge in [-0.1, -0.05) is 6.07 Å². The number of halogens is 4. The zero-order valence-electron chi connectivity index (χ0n) is 32.6. The van der Waals surface area contributed by atoms with Crippen LogP contribution in [0.5, 0.6) is 0 Å². The summed E-state index contributed by atoms with van der Waals surface area (Å²) in [6.07, 6.45) is 0.674. The Labute approximate surface area is 335 Å². The standard InChI is InChI=1S/C40H50F4N8O5S/c1-25-20-29(9-11-33(25)46-38-45-22-31(40(42,43)44)36(48-38)52-15-3-14-39(2,55)24-52)58(56,57)49-28-7-4-26(5-8-28)23-50-16-18-51(19-17-50)34-12-6-27(21-32(34)41)30-10-13-35(53)47-37(30)54/h6,9,11-12,20-22,26,28,30,49,55H,3-5,7-8,10,13-19,23-24H2,1-2H3,(H,45,46,48)(H,47,53,54)/t26?,28?,30?,39-/m0/s1. The number of piperazine rings is 1. The van der Waals surface area contributed by atoms with E-state index in [2.05, 4.69) is 30.2 Å². The number of β-amino-alcohol motifs (C(OH)–C–C–N with tert-alkyl or cyclic N) is 1. The molecule has 2 aromatic carbocycles. The normalized spacial score (nSPS) is 25.1. The topological polar surface area (TPSA) is 160 Å². The second-order valence-corrected chi connectivity index (χ2v) is 18.1. The maximum atomic E-state index is 15.2. The van der Waals surface area contributed by atoms with E-state index in [1.807, 2.05) is 4.90 Å². The molecule has 0 spiro atoms. The summed E-state index contributed by atoms with van der Waals surface area (Å²) in [5.74, 6) is -1.63. The number of aromatic nitrogens is 2. The lowest BCUT2D eigenvalue weighted by molar-refractivity contribution is -0.138. The van der Waals surface area contributed by atoms with Crippen molar-refractivity contribution in [3.05, 3.63) is 65.1 Å². The molecule has 58 heavy (non-hydrogen) atoms. The maximum absolute atomic E-state index is 15.2. The highest BCUT2D eigenvalue weighted by Crippen LogP contribution is 2.38. The number of carbonyl (C=O) groups excluding carboxylic acids is 2. The van der Waals surface area contributed by atoms with Crippen LogP contribution in [0.2, 0.25) is 0 Å². The number of amides is 2. The molecule has 1 saturated carbocycles. The van der Waals surface area contributed by atoms with Crippen molar-refractivity contribution in [2.45, 2.75) is 93.8 Å². The van der Waals surface area contributed by atoms with Crippen molar-refractivity contribution in [1.29, 1.82) is 0 Å². The number of nitrogens with zero attached hydrogens (tertiary/aromatic N) is 5. The van der Waals surface area contributed by atoms with Crippen LogP contribution < -0.4 is 25.2 Å². The molecule has 3 saturated heterocycles. The number of aliphatic hydroxyl groups is 1. The highest BCUT2D eigenvalue weighted by atomic mass is 32.2. The lowest BCUT2D eigenvalue weighted by Gasteiger charge is -2.39. The Bertz CT molecular complexity index is 2120. The molecule has 1 aliphatic carbocycles. The molecule has 1 unspecified atom stereocenters. The maximum Gasteiger partial charge on any atom is 0.421 e. The average Bonchev–Trinajstić information content (AvgIpc) is 3.16. The van der Waals surface area contributed by atoms with Gasteiger partial charge in [0.1, 0.15) is 17.2 Å². The molecular weight excluding hydrogens is 781 g/mol. The Morgan fingerprint density at radius 2 is 1.72 bits per heavy atom. The third-order valence-corrected chi connectivity index (χ3v) is 13.3. The zero-order chi connectivity index (χ0) is 41.4. The molecule has 18 heteroatoms. The molecule has 7 rings (SSSR count). The number of nitrogens with one attached hydrogen (secondary N) is 3. The van der Waals surface area contributed by atoms with Gasteiger partial charge < -0.3 is 20.2 Å². The van der Waals surface area contributed by atoms with Crippen LogP contribution in [0.15, 0.2) is 47.5 Å². The Morgan fingerprint density at radius 1 is 0.983 bits per heavy atom. The first-order valence-corrected chi connectivity index (χ1v) is 21.3. The number of piperidine rings is 2. The number of imide groups is 1. The van der Waals surface area contributed by atoms with Crippen molar-refractivity contribution < 1.29 is 40.7 Å². The van der Waals surface area contributed by atoms with E-state index in [-0.39, 0.29) is 47.4 Å². The van der Waals surface area contributed by atoms with E-state index in [0.29, 0.717) is 80.2 Å². The van der Waals surface area contributed by atoms with E-state index in [1.165, 1.54) is 29.2 Å². The second-order valence-electron chi connectivity index (χ2n) is 16.4. The van der Waals surface area contributed by atoms with Gasteiger partial charge in [-0.15, -0.1) is 0 Å². The first-order valence-electron chi connectivity index (χ1n) is 19.9. The number of aryl methyl sites for hydroxylation is 1. The minimum Gasteiger partial charge on any atom is -0.388 e. The number of benzene rings is 2. The van der Waals surface area contributed by atoms with E-state index in [9.17, 15) is 36.3 Å².